The molecular weight excluding hydrogens is 326 g/mol. The second-order valence-corrected chi connectivity index (χ2v) is 6.53. The number of carbonyl (C=O) groups excluding carboxylic acids is 1. The summed E-state index contributed by atoms with van der Waals surface area (Å²) < 4.78 is 4.82. The number of aromatic nitrogens is 1. The van der Waals surface area contributed by atoms with Crippen molar-refractivity contribution in [3.8, 4) is 17.3 Å². The van der Waals surface area contributed by atoms with Gasteiger partial charge in [-0.15, -0.1) is 0 Å². The van der Waals surface area contributed by atoms with Crippen molar-refractivity contribution in [2.45, 2.75) is 31.6 Å². The Kier molecular flexibility index (Phi) is 5.98. The maximum Gasteiger partial charge on any atom is 0.337 e. The number of hydrogen-bond acceptors (Lipinski definition) is 5. The molecule has 134 valence electrons. The lowest BCUT2D eigenvalue weighted by Gasteiger charge is -2.24. The molecule has 26 heavy (non-hydrogen) atoms. The Morgan fingerprint density at radius 3 is 2.96 bits per heavy atom. The minimum atomic E-state index is -0.387. The lowest BCUT2D eigenvalue weighted by Crippen LogP contribution is -2.22. The van der Waals surface area contributed by atoms with Crippen LogP contribution in [0.1, 0.15) is 53.1 Å². The van der Waals surface area contributed by atoms with Gasteiger partial charge >= 0.3 is 5.97 Å². The number of benzene rings is 1. The summed E-state index contributed by atoms with van der Waals surface area (Å²) in [5.41, 5.74) is 3.84. The van der Waals surface area contributed by atoms with Crippen LogP contribution in [0.3, 0.4) is 0 Å². The molecule has 0 aliphatic carbocycles. The van der Waals surface area contributed by atoms with Crippen molar-refractivity contribution in [1.82, 2.24) is 10.3 Å². The largest absolute Gasteiger partial charge is 0.465 e. The maximum atomic E-state index is 11.9. The van der Waals surface area contributed by atoms with Crippen LogP contribution in [0.4, 0.5) is 0 Å². The Hall–Kier alpha value is -2.71. The highest BCUT2D eigenvalue weighted by Crippen LogP contribution is 2.36. The molecule has 0 radical (unpaired) electrons. The average molecular weight is 349 g/mol. The van der Waals surface area contributed by atoms with Gasteiger partial charge in [-0.05, 0) is 62.0 Å². The normalized spacial score (nSPS) is 17.6. The lowest BCUT2D eigenvalue weighted by atomic mass is 9.83. The molecule has 5 heteroatoms. The van der Waals surface area contributed by atoms with Gasteiger partial charge in [0, 0.05) is 11.8 Å². The van der Waals surface area contributed by atoms with Gasteiger partial charge in [-0.3, -0.25) is 4.98 Å². The van der Waals surface area contributed by atoms with Crippen molar-refractivity contribution in [3.05, 3.63) is 53.2 Å². The Morgan fingerprint density at radius 1 is 1.27 bits per heavy atom. The molecule has 0 amide bonds. The van der Waals surface area contributed by atoms with E-state index in [0.717, 1.165) is 49.9 Å². The smallest absolute Gasteiger partial charge is 0.337 e. The minimum Gasteiger partial charge on any atom is -0.465 e. The van der Waals surface area contributed by atoms with E-state index in [1.807, 2.05) is 18.2 Å². The van der Waals surface area contributed by atoms with Gasteiger partial charge in [0.25, 0.3) is 0 Å². The molecule has 2 heterocycles. The van der Waals surface area contributed by atoms with E-state index in [0.29, 0.717) is 22.7 Å². The zero-order valence-corrected chi connectivity index (χ0v) is 15.0. The van der Waals surface area contributed by atoms with E-state index in [9.17, 15) is 10.1 Å². The fourth-order valence-electron chi connectivity index (χ4n) is 3.62. The highest BCUT2D eigenvalue weighted by molar-refractivity contribution is 5.90. The molecule has 1 aromatic heterocycles. The Labute approximate surface area is 154 Å². The summed E-state index contributed by atoms with van der Waals surface area (Å²) in [6.45, 7) is 2.00. The molecule has 0 saturated carbocycles. The molecule has 1 aromatic carbocycles. The first kappa shape index (κ1) is 18.1. The number of nitrogens with zero attached hydrogens (tertiary/aromatic N) is 2. The Bertz CT molecular complexity index is 818. The maximum absolute atomic E-state index is 11.9. The lowest BCUT2D eigenvalue weighted by molar-refractivity contribution is 0.0600. The van der Waals surface area contributed by atoms with Gasteiger partial charge in [-0.2, -0.15) is 5.26 Å². The van der Waals surface area contributed by atoms with Crippen molar-refractivity contribution in [2.75, 3.05) is 20.2 Å². The van der Waals surface area contributed by atoms with Crippen molar-refractivity contribution >= 4 is 5.97 Å². The van der Waals surface area contributed by atoms with Crippen molar-refractivity contribution in [2.24, 2.45) is 0 Å². The summed E-state index contributed by atoms with van der Waals surface area (Å²) in [5, 5.41) is 13.1. The number of nitriles is 1. The van der Waals surface area contributed by atoms with Gasteiger partial charge in [0.1, 0.15) is 0 Å². The summed E-state index contributed by atoms with van der Waals surface area (Å²) in [5.74, 6) is -0.0842. The third-order valence-corrected chi connectivity index (χ3v) is 4.92. The summed E-state index contributed by atoms with van der Waals surface area (Å²) in [7, 11) is 1.37. The number of methoxy groups -OCH3 is 1. The molecule has 5 nitrogen and oxygen atoms in total. The van der Waals surface area contributed by atoms with E-state index < -0.39 is 0 Å². The van der Waals surface area contributed by atoms with Crippen LogP contribution in [-0.4, -0.2) is 31.2 Å². The van der Waals surface area contributed by atoms with Gasteiger partial charge in [0.2, 0.25) is 0 Å². The highest BCUT2D eigenvalue weighted by Gasteiger charge is 2.22. The number of ether oxygens (including phenoxy) is 1. The van der Waals surface area contributed by atoms with Gasteiger partial charge in [0.05, 0.1) is 30.0 Å². The van der Waals surface area contributed by atoms with Crippen LogP contribution >= 0.6 is 0 Å². The predicted molar refractivity (Wildman–Crippen MR) is 99.8 cm³/mol. The number of esters is 1. The molecule has 0 bridgehead atoms. The fourth-order valence-corrected chi connectivity index (χ4v) is 3.62. The first-order chi connectivity index (χ1) is 12.7. The van der Waals surface area contributed by atoms with E-state index in [4.69, 9.17) is 4.74 Å². The fraction of sp³-hybridized carbons (Fsp3) is 0.381. The number of carbonyl (C=O) groups is 1. The summed E-state index contributed by atoms with van der Waals surface area (Å²) in [6, 6.07) is 11.5. The average Bonchev–Trinajstić information content (AvgIpc) is 2.67. The number of hydrogen-bond donors (Lipinski definition) is 1. The molecule has 1 fully saturated rings. The third kappa shape index (κ3) is 3.92. The van der Waals surface area contributed by atoms with Crippen LogP contribution in [0, 0.1) is 11.3 Å². The zero-order valence-electron chi connectivity index (χ0n) is 15.0. The second-order valence-electron chi connectivity index (χ2n) is 6.53. The van der Waals surface area contributed by atoms with E-state index >= 15 is 0 Å². The molecule has 1 N–H and O–H groups in total. The molecule has 1 unspecified atom stereocenters. The monoisotopic (exact) mass is 349 g/mol. The Morgan fingerprint density at radius 2 is 2.15 bits per heavy atom. The van der Waals surface area contributed by atoms with E-state index in [1.165, 1.54) is 7.11 Å². The SMILES string of the molecule is COC(=O)c1ccnc(-c2cccc(C#N)c2C2CCCCNCC2)c1. The van der Waals surface area contributed by atoms with Crippen LogP contribution in [-0.2, 0) is 4.74 Å². The van der Waals surface area contributed by atoms with Crippen molar-refractivity contribution < 1.29 is 9.53 Å². The predicted octanol–water partition coefficient (Wildman–Crippen LogP) is 3.65. The molecule has 1 aliphatic rings. The van der Waals surface area contributed by atoms with Gasteiger partial charge in [-0.1, -0.05) is 18.6 Å². The molecule has 3 rings (SSSR count). The van der Waals surface area contributed by atoms with Crippen LogP contribution in [0.2, 0.25) is 0 Å². The molecule has 0 spiro atoms. The number of rotatable bonds is 3. The van der Waals surface area contributed by atoms with Crippen molar-refractivity contribution in [3.63, 3.8) is 0 Å². The summed E-state index contributed by atoms with van der Waals surface area (Å²) >= 11 is 0. The van der Waals surface area contributed by atoms with Gasteiger partial charge < -0.3 is 10.1 Å². The number of nitrogens with one attached hydrogen (secondary N) is 1. The van der Waals surface area contributed by atoms with Crippen LogP contribution in [0.5, 0.6) is 0 Å². The van der Waals surface area contributed by atoms with Gasteiger partial charge in [0.15, 0.2) is 0 Å². The van der Waals surface area contributed by atoms with Crippen LogP contribution < -0.4 is 5.32 Å². The quantitative estimate of drug-likeness (QED) is 0.856. The molecule has 1 saturated heterocycles. The van der Waals surface area contributed by atoms with E-state index in [1.54, 1.807) is 18.3 Å². The topological polar surface area (TPSA) is 75.0 Å². The Balaban J connectivity index is 2.07. The minimum absolute atomic E-state index is 0.303. The molecule has 2 aromatic rings. The first-order valence-corrected chi connectivity index (χ1v) is 9.03. The molecule has 1 aliphatic heterocycles. The molecule has 1 atom stereocenters. The summed E-state index contributed by atoms with van der Waals surface area (Å²) in [4.78, 5) is 16.3. The van der Waals surface area contributed by atoms with E-state index in [-0.39, 0.29) is 5.97 Å². The standard InChI is InChI=1S/C21H23N3O2/c1-26-21(25)16-9-12-24-19(13-16)18-7-4-6-17(14-22)20(18)15-5-2-3-10-23-11-8-15/h4,6-7,9,12-13,15,23H,2-3,5,8,10-11H2,1H3. The zero-order chi connectivity index (χ0) is 18.4. The molecular formula is C21H23N3O2. The highest BCUT2D eigenvalue weighted by atomic mass is 16.5. The van der Waals surface area contributed by atoms with Crippen molar-refractivity contribution in [1.29, 1.82) is 5.26 Å². The van der Waals surface area contributed by atoms with E-state index in [2.05, 4.69) is 16.4 Å². The first-order valence-electron chi connectivity index (χ1n) is 9.03. The summed E-state index contributed by atoms with van der Waals surface area (Å²) in [6.07, 6.45) is 5.94. The number of pyridine rings is 1. The second kappa shape index (κ2) is 8.59. The van der Waals surface area contributed by atoms with Crippen LogP contribution in [0.15, 0.2) is 36.5 Å². The van der Waals surface area contributed by atoms with Gasteiger partial charge in [-0.25, -0.2) is 4.79 Å². The third-order valence-electron chi connectivity index (χ3n) is 4.92. The van der Waals surface area contributed by atoms with Crippen LogP contribution in [0.25, 0.3) is 11.3 Å².